The normalized spacial score (nSPS) is 19.9. The van der Waals surface area contributed by atoms with Crippen molar-refractivity contribution in [2.24, 2.45) is 0 Å². The van der Waals surface area contributed by atoms with Crippen LogP contribution >= 0.6 is 35.6 Å². The van der Waals surface area contributed by atoms with E-state index in [4.69, 9.17) is 27.9 Å². The molecule has 2 N–H and O–H groups in total. The first-order chi connectivity index (χ1) is 12.1. The summed E-state index contributed by atoms with van der Waals surface area (Å²) in [5.74, 6) is -0.0253. The third kappa shape index (κ3) is 5.35. The molecule has 2 unspecified atom stereocenters. The van der Waals surface area contributed by atoms with Crippen LogP contribution in [0.1, 0.15) is 21.8 Å². The molecule has 1 saturated heterocycles. The standard InChI is InChI=1S/C19H20Cl2N2O2.ClH/c20-16-7-6-14(10-17(16)21)15-11-22-8-9-25-18(15)12-23-19(24)13-4-2-1-3-5-13;/h1-7,10,15,18,22H,8-9,11-12H2,(H,23,24);1H. The number of hydrogen-bond donors (Lipinski definition) is 2. The van der Waals surface area contributed by atoms with E-state index in [-0.39, 0.29) is 30.3 Å². The van der Waals surface area contributed by atoms with E-state index >= 15 is 0 Å². The largest absolute Gasteiger partial charge is 0.374 e. The van der Waals surface area contributed by atoms with Crippen molar-refractivity contribution in [3.05, 3.63) is 69.7 Å². The minimum atomic E-state index is -0.139. The molecule has 0 aromatic heterocycles. The van der Waals surface area contributed by atoms with E-state index in [1.807, 2.05) is 30.3 Å². The predicted octanol–water partition coefficient (Wildman–Crippen LogP) is 3.92. The maximum absolute atomic E-state index is 12.3. The van der Waals surface area contributed by atoms with Crippen LogP contribution < -0.4 is 10.6 Å². The number of carbonyl (C=O) groups excluding carboxylic acids is 1. The summed E-state index contributed by atoms with van der Waals surface area (Å²) in [6.07, 6.45) is -0.139. The summed E-state index contributed by atoms with van der Waals surface area (Å²) in [4.78, 5) is 12.3. The monoisotopic (exact) mass is 414 g/mol. The third-order valence-corrected chi connectivity index (χ3v) is 5.03. The predicted molar refractivity (Wildman–Crippen MR) is 108 cm³/mol. The summed E-state index contributed by atoms with van der Waals surface area (Å²) in [7, 11) is 0. The van der Waals surface area contributed by atoms with Gasteiger partial charge in [-0.05, 0) is 29.8 Å². The fourth-order valence-corrected chi connectivity index (χ4v) is 3.26. The quantitative estimate of drug-likeness (QED) is 0.796. The molecule has 0 saturated carbocycles. The summed E-state index contributed by atoms with van der Waals surface area (Å²) in [5, 5.41) is 7.39. The molecule has 0 radical (unpaired) electrons. The summed E-state index contributed by atoms with van der Waals surface area (Å²) in [6.45, 7) is 2.56. The molecular formula is C19H21Cl3N2O2. The Morgan fingerprint density at radius 2 is 1.92 bits per heavy atom. The van der Waals surface area contributed by atoms with Gasteiger partial charge in [0.25, 0.3) is 5.91 Å². The number of benzene rings is 2. The highest BCUT2D eigenvalue weighted by atomic mass is 35.5. The van der Waals surface area contributed by atoms with Crippen LogP contribution in [0.5, 0.6) is 0 Å². The van der Waals surface area contributed by atoms with Crippen LogP contribution in [0.25, 0.3) is 0 Å². The zero-order valence-corrected chi connectivity index (χ0v) is 16.4. The average molecular weight is 416 g/mol. The number of rotatable bonds is 4. The molecule has 1 amide bonds. The van der Waals surface area contributed by atoms with Crippen molar-refractivity contribution in [1.29, 1.82) is 0 Å². The number of hydrogen-bond acceptors (Lipinski definition) is 3. The smallest absolute Gasteiger partial charge is 0.251 e. The molecule has 26 heavy (non-hydrogen) atoms. The summed E-state index contributed by atoms with van der Waals surface area (Å²) in [5.41, 5.74) is 1.68. The molecule has 7 heteroatoms. The lowest BCUT2D eigenvalue weighted by Gasteiger charge is -2.25. The molecule has 1 aliphatic heterocycles. The number of ether oxygens (including phenoxy) is 1. The first-order valence-corrected chi connectivity index (χ1v) is 9.01. The summed E-state index contributed by atoms with van der Waals surface area (Å²) in [6, 6.07) is 14.8. The van der Waals surface area contributed by atoms with Crippen LogP contribution in [0.2, 0.25) is 10.0 Å². The molecule has 140 valence electrons. The van der Waals surface area contributed by atoms with Crippen molar-refractivity contribution >= 4 is 41.5 Å². The summed E-state index contributed by atoms with van der Waals surface area (Å²) >= 11 is 12.2. The first kappa shape index (κ1) is 21.0. The van der Waals surface area contributed by atoms with Gasteiger partial charge in [-0.1, -0.05) is 47.5 Å². The lowest BCUT2D eigenvalue weighted by atomic mass is 9.93. The zero-order valence-electron chi connectivity index (χ0n) is 14.1. The molecule has 0 aliphatic carbocycles. The molecular weight excluding hydrogens is 395 g/mol. The Labute approximate surface area is 169 Å². The first-order valence-electron chi connectivity index (χ1n) is 8.25. The second kappa shape index (κ2) is 10.1. The topological polar surface area (TPSA) is 50.4 Å². The second-order valence-corrected chi connectivity index (χ2v) is 6.78. The van der Waals surface area contributed by atoms with Gasteiger partial charge in [0.2, 0.25) is 0 Å². The molecule has 0 bridgehead atoms. The molecule has 3 rings (SSSR count). The molecule has 2 aromatic carbocycles. The Bertz CT molecular complexity index is 728. The average Bonchev–Trinajstić information content (AvgIpc) is 2.88. The van der Waals surface area contributed by atoms with E-state index in [9.17, 15) is 4.79 Å². The van der Waals surface area contributed by atoms with E-state index in [1.54, 1.807) is 18.2 Å². The van der Waals surface area contributed by atoms with Gasteiger partial charge < -0.3 is 15.4 Å². The molecule has 1 aliphatic rings. The molecule has 2 atom stereocenters. The van der Waals surface area contributed by atoms with E-state index in [1.165, 1.54) is 0 Å². The molecule has 2 aromatic rings. The van der Waals surface area contributed by atoms with Crippen LogP contribution in [-0.4, -0.2) is 38.3 Å². The number of nitrogens with one attached hydrogen (secondary N) is 2. The highest BCUT2D eigenvalue weighted by molar-refractivity contribution is 6.42. The van der Waals surface area contributed by atoms with Gasteiger partial charge in [0.15, 0.2) is 0 Å². The van der Waals surface area contributed by atoms with Crippen LogP contribution in [-0.2, 0) is 4.74 Å². The molecule has 1 heterocycles. The van der Waals surface area contributed by atoms with Gasteiger partial charge in [-0.3, -0.25) is 4.79 Å². The lowest BCUT2D eigenvalue weighted by molar-refractivity contribution is 0.0499. The Kier molecular flexibility index (Phi) is 8.19. The van der Waals surface area contributed by atoms with E-state index in [0.29, 0.717) is 28.8 Å². The lowest BCUT2D eigenvalue weighted by Crippen LogP contribution is -2.38. The van der Waals surface area contributed by atoms with Gasteiger partial charge in [-0.2, -0.15) is 0 Å². The van der Waals surface area contributed by atoms with Gasteiger partial charge in [0.05, 0.1) is 22.8 Å². The van der Waals surface area contributed by atoms with Crippen LogP contribution in [0, 0.1) is 0 Å². The Balaban J connectivity index is 0.00000243. The summed E-state index contributed by atoms with van der Waals surface area (Å²) < 4.78 is 5.97. The van der Waals surface area contributed by atoms with E-state index in [0.717, 1.165) is 18.7 Å². The molecule has 0 spiro atoms. The Morgan fingerprint density at radius 3 is 2.65 bits per heavy atom. The van der Waals surface area contributed by atoms with Crippen molar-refractivity contribution in [1.82, 2.24) is 10.6 Å². The van der Waals surface area contributed by atoms with Crippen molar-refractivity contribution in [3.63, 3.8) is 0 Å². The number of carbonyl (C=O) groups is 1. The van der Waals surface area contributed by atoms with Crippen LogP contribution in [0.4, 0.5) is 0 Å². The molecule has 4 nitrogen and oxygen atoms in total. The minimum absolute atomic E-state index is 0. The van der Waals surface area contributed by atoms with Gasteiger partial charge in [0, 0.05) is 31.1 Å². The fourth-order valence-electron chi connectivity index (χ4n) is 2.95. The third-order valence-electron chi connectivity index (χ3n) is 4.30. The van der Waals surface area contributed by atoms with Crippen LogP contribution in [0.3, 0.4) is 0 Å². The van der Waals surface area contributed by atoms with Crippen molar-refractivity contribution in [2.75, 3.05) is 26.2 Å². The Morgan fingerprint density at radius 1 is 1.15 bits per heavy atom. The van der Waals surface area contributed by atoms with Crippen molar-refractivity contribution in [2.45, 2.75) is 12.0 Å². The van der Waals surface area contributed by atoms with Crippen molar-refractivity contribution in [3.8, 4) is 0 Å². The van der Waals surface area contributed by atoms with Crippen molar-refractivity contribution < 1.29 is 9.53 Å². The highest BCUT2D eigenvalue weighted by Crippen LogP contribution is 2.29. The number of amides is 1. The SMILES string of the molecule is Cl.O=C(NCC1OCCNCC1c1ccc(Cl)c(Cl)c1)c1ccccc1. The maximum atomic E-state index is 12.3. The zero-order chi connectivity index (χ0) is 17.6. The second-order valence-electron chi connectivity index (χ2n) is 5.97. The highest BCUT2D eigenvalue weighted by Gasteiger charge is 2.27. The minimum Gasteiger partial charge on any atom is -0.374 e. The maximum Gasteiger partial charge on any atom is 0.251 e. The van der Waals surface area contributed by atoms with Crippen LogP contribution in [0.15, 0.2) is 48.5 Å². The fraction of sp³-hybridized carbons (Fsp3) is 0.316. The van der Waals surface area contributed by atoms with Gasteiger partial charge in [-0.25, -0.2) is 0 Å². The van der Waals surface area contributed by atoms with Gasteiger partial charge in [-0.15, -0.1) is 12.4 Å². The molecule has 1 fully saturated rings. The Hall–Kier alpha value is -1.30. The van der Waals surface area contributed by atoms with Gasteiger partial charge in [0.1, 0.15) is 0 Å². The van der Waals surface area contributed by atoms with Gasteiger partial charge >= 0.3 is 0 Å². The number of halogens is 3. The van der Waals surface area contributed by atoms with E-state index < -0.39 is 0 Å². The van der Waals surface area contributed by atoms with E-state index in [2.05, 4.69) is 10.6 Å².